The van der Waals surface area contributed by atoms with E-state index in [0.717, 1.165) is 0 Å². The van der Waals surface area contributed by atoms with Crippen molar-refractivity contribution in [1.82, 2.24) is 4.90 Å². The van der Waals surface area contributed by atoms with Gasteiger partial charge >= 0.3 is 5.97 Å². The van der Waals surface area contributed by atoms with E-state index in [4.69, 9.17) is 16.7 Å². The highest BCUT2D eigenvalue weighted by molar-refractivity contribution is 6.46. The van der Waals surface area contributed by atoms with Crippen molar-refractivity contribution >= 4 is 35.0 Å². The number of amides is 1. The van der Waals surface area contributed by atoms with Crippen LogP contribution in [0.5, 0.6) is 0 Å². The second-order valence-electron chi connectivity index (χ2n) is 7.35. The maximum Gasteiger partial charge on any atom is 0.335 e. The molecule has 1 aliphatic heterocycles. The number of benzene rings is 3. The van der Waals surface area contributed by atoms with Gasteiger partial charge in [0, 0.05) is 17.1 Å². The number of hydrogen-bond donors (Lipinski definition) is 2. The highest BCUT2D eigenvalue weighted by Crippen LogP contribution is 2.40. The van der Waals surface area contributed by atoms with Crippen molar-refractivity contribution in [2.75, 3.05) is 0 Å². The van der Waals surface area contributed by atoms with Crippen molar-refractivity contribution in [2.24, 2.45) is 0 Å². The van der Waals surface area contributed by atoms with E-state index < -0.39 is 23.7 Å². The van der Waals surface area contributed by atoms with Crippen LogP contribution in [0.1, 0.15) is 33.1 Å². The number of carbonyl (C=O) groups excluding carboxylic acids is 2. The molecule has 4 rings (SSSR count). The summed E-state index contributed by atoms with van der Waals surface area (Å²) in [5.41, 5.74) is 1.75. The number of ketones is 1. The molecule has 1 atom stereocenters. The van der Waals surface area contributed by atoms with Crippen LogP contribution < -0.4 is 0 Å². The largest absolute Gasteiger partial charge is 0.507 e. The quantitative estimate of drug-likeness (QED) is 0.337. The van der Waals surface area contributed by atoms with Crippen LogP contribution in [0.25, 0.3) is 5.76 Å². The summed E-state index contributed by atoms with van der Waals surface area (Å²) in [5.74, 6) is -2.89. The Morgan fingerprint density at radius 3 is 2.19 bits per heavy atom. The van der Waals surface area contributed by atoms with Crippen molar-refractivity contribution in [2.45, 2.75) is 12.6 Å². The summed E-state index contributed by atoms with van der Waals surface area (Å²) in [4.78, 5) is 38.5. The van der Waals surface area contributed by atoms with Crippen molar-refractivity contribution in [3.8, 4) is 0 Å². The highest BCUT2D eigenvalue weighted by atomic mass is 35.5. The number of rotatable bonds is 5. The maximum atomic E-state index is 13.0. The smallest absolute Gasteiger partial charge is 0.335 e. The van der Waals surface area contributed by atoms with Gasteiger partial charge in [0.2, 0.25) is 0 Å². The number of carboxylic acid groups (broad SMARTS) is 1. The number of hydrogen-bond acceptors (Lipinski definition) is 4. The fraction of sp³-hybridized carbons (Fsp3) is 0.0800. The second-order valence-corrected chi connectivity index (χ2v) is 7.79. The molecule has 1 saturated heterocycles. The third kappa shape index (κ3) is 4.00. The zero-order chi connectivity index (χ0) is 22.8. The maximum absolute atomic E-state index is 13.0. The molecule has 160 valence electrons. The topological polar surface area (TPSA) is 94.9 Å². The van der Waals surface area contributed by atoms with E-state index in [9.17, 15) is 19.5 Å². The Morgan fingerprint density at radius 1 is 0.875 bits per heavy atom. The predicted molar refractivity (Wildman–Crippen MR) is 119 cm³/mol. The highest BCUT2D eigenvalue weighted by Gasteiger charge is 2.46. The molecule has 0 bridgehead atoms. The van der Waals surface area contributed by atoms with E-state index in [1.165, 1.54) is 23.1 Å². The van der Waals surface area contributed by atoms with Crippen LogP contribution in [0.15, 0.2) is 84.4 Å². The monoisotopic (exact) mass is 447 g/mol. The molecule has 32 heavy (non-hydrogen) atoms. The number of aliphatic hydroxyl groups is 1. The molecule has 1 aliphatic rings. The summed E-state index contributed by atoms with van der Waals surface area (Å²) >= 11 is 6.05. The Hall–Kier alpha value is -3.90. The lowest BCUT2D eigenvalue weighted by molar-refractivity contribution is -0.140. The molecule has 6 nitrogen and oxygen atoms in total. The normalized spacial score (nSPS) is 17.5. The van der Waals surface area contributed by atoms with Crippen LogP contribution in [-0.4, -0.2) is 32.8 Å². The molecule has 1 fully saturated rings. The first kappa shape index (κ1) is 21.3. The van der Waals surface area contributed by atoms with Crippen LogP contribution >= 0.6 is 11.6 Å². The first-order chi connectivity index (χ1) is 15.4. The standard InChI is InChI=1S/C25H18ClNO5/c26-19-8-4-7-18(13-19)22(28)20-21(16-5-2-1-3-6-16)27(24(30)23(20)29)14-15-9-11-17(12-10-15)25(31)32/h1-13,21,28H,14H2,(H,31,32)/b22-20+. The summed E-state index contributed by atoms with van der Waals surface area (Å²) in [7, 11) is 0. The SMILES string of the molecule is O=C1C(=O)N(Cc2ccc(C(=O)O)cc2)C(c2ccccc2)/C1=C(\O)c1cccc(Cl)c1. The van der Waals surface area contributed by atoms with Gasteiger partial charge in [-0.15, -0.1) is 0 Å². The molecule has 2 N–H and O–H groups in total. The Morgan fingerprint density at radius 2 is 1.56 bits per heavy atom. The molecule has 1 unspecified atom stereocenters. The van der Waals surface area contributed by atoms with Crippen molar-refractivity contribution in [3.05, 3.63) is 112 Å². The number of carboxylic acids is 1. The van der Waals surface area contributed by atoms with Gasteiger partial charge in [0.05, 0.1) is 17.2 Å². The summed E-state index contributed by atoms with van der Waals surface area (Å²) in [5, 5.41) is 20.5. The minimum absolute atomic E-state index is 0.0226. The molecule has 0 spiro atoms. The lowest BCUT2D eigenvalue weighted by Gasteiger charge is -2.25. The Labute approximate surface area is 189 Å². The summed E-state index contributed by atoms with van der Waals surface area (Å²) < 4.78 is 0. The number of carbonyl (C=O) groups is 3. The van der Waals surface area contributed by atoms with Crippen LogP contribution in [0.4, 0.5) is 0 Å². The Bertz CT molecular complexity index is 1230. The minimum Gasteiger partial charge on any atom is -0.507 e. The third-order valence-electron chi connectivity index (χ3n) is 5.31. The zero-order valence-corrected chi connectivity index (χ0v) is 17.5. The van der Waals surface area contributed by atoms with Gasteiger partial charge in [0.15, 0.2) is 0 Å². The number of aromatic carboxylic acids is 1. The van der Waals surface area contributed by atoms with Crippen LogP contribution in [0, 0.1) is 0 Å². The number of likely N-dealkylation sites (tertiary alicyclic amines) is 1. The van der Waals surface area contributed by atoms with Gasteiger partial charge < -0.3 is 15.1 Å². The fourth-order valence-electron chi connectivity index (χ4n) is 3.77. The molecule has 1 amide bonds. The first-order valence-corrected chi connectivity index (χ1v) is 10.2. The zero-order valence-electron chi connectivity index (χ0n) is 16.7. The van der Waals surface area contributed by atoms with E-state index in [1.807, 2.05) is 6.07 Å². The molecule has 3 aromatic rings. The van der Waals surface area contributed by atoms with Gasteiger partial charge in [-0.25, -0.2) is 4.79 Å². The van der Waals surface area contributed by atoms with Crippen LogP contribution in [0.3, 0.4) is 0 Å². The molecular weight excluding hydrogens is 430 g/mol. The molecular formula is C25H18ClNO5. The average molecular weight is 448 g/mol. The van der Waals surface area contributed by atoms with Gasteiger partial charge in [-0.3, -0.25) is 9.59 Å². The van der Waals surface area contributed by atoms with Gasteiger partial charge in [-0.05, 0) is 35.4 Å². The van der Waals surface area contributed by atoms with Crippen molar-refractivity contribution < 1.29 is 24.6 Å². The van der Waals surface area contributed by atoms with E-state index in [-0.39, 0.29) is 23.4 Å². The number of halogens is 1. The average Bonchev–Trinajstić information content (AvgIpc) is 3.04. The van der Waals surface area contributed by atoms with Crippen molar-refractivity contribution in [1.29, 1.82) is 0 Å². The third-order valence-corrected chi connectivity index (χ3v) is 5.54. The number of Topliss-reactive ketones (excluding diaryl/α,β-unsaturated/α-hetero) is 1. The lowest BCUT2D eigenvalue weighted by Crippen LogP contribution is -2.29. The number of nitrogens with zero attached hydrogens (tertiary/aromatic N) is 1. The molecule has 3 aromatic carbocycles. The van der Waals surface area contributed by atoms with E-state index in [1.54, 1.807) is 54.6 Å². The Balaban J connectivity index is 1.81. The molecule has 7 heteroatoms. The van der Waals surface area contributed by atoms with Gasteiger partial charge in [-0.2, -0.15) is 0 Å². The predicted octanol–water partition coefficient (Wildman–Crippen LogP) is 4.66. The second kappa shape index (κ2) is 8.69. The summed E-state index contributed by atoms with van der Waals surface area (Å²) in [6, 6.07) is 20.7. The first-order valence-electron chi connectivity index (χ1n) is 9.78. The number of aliphatic hydroxyl groups excluding tert-OH is 1. The minimum atomic E-state index is -1.05. The summed E-state index contributed by atoms with van der Waals surface area (Å²) in [6.45, 7) is 0.0658. The van der Waals surface area contributed by atoms with Crippen LogP contribution in [0.2, 0.25) is 5.02 Å². The fourth-order valence-corrected chi connectivity index (χ4v) is 3.96. The molecule has 0 aromatic heterocycles. The summed E-state index contributed by atoms with van der Waals surface area (Å²) in [6.07, 6.45) is 0. The van der Waals surface area contributed by atoms with Gasteiger partial charge in [0.25, 0.3) is 11.7 Å². The van der Waals surface area contributed by atoms with Gasteiger partial charge in [0.1, 0.15) is 5.76 Å². The van der Waals surface area contributed by atoms with E-state index in [0.29, 0.717) is 21.7 Å². The van der Waals surface area contributed by atoms with E-state index >= 15 is 0 Å². The molecule has 0 saturated carbocycles. The van der Waals surface area contributed by atoms with E-state index in [2.05, 4.69) is 0 Å². The van der Waals surface area contributed by atoms with Crippen molar-refractivity contribution in [3.63, 3.8) is 0 Å². The Kier molecular flexibility index (Phi) is 5.79. The van der Waals surface area contributed by atoms with Gasteiger partial charge in [-0.1, -0.05) is 66.2 Å². The lowest BCUT2D eigenvalue weighted by atomic mass is 9.95. The van der Waals surface area contributed by atoms with Crippen LogP contribution in [-0.2, 0) is 16.1 Å². The molecule has 0 aliphatic carbocycles. The molecule has 1 heterocycles. The molecule has 0 radical (unpaired) electrons.